The van der Waals surface area contributed by atoms with Crippen LogP contribution in [0.3, 0.4) is 0 Å². The van der Waals surface area contributed by atoms with Crippen LogP contribution in [0.25, 0.3) is 0 Å². The molecule has 3 heteroatoms. The van der Waals surface area contributed by atoms with Gasteiger partial charge in [-0.15, -0.1) is 6.58 Å². The number of hydrogen-bond donors (Lipinski definition) is 2. The molecule has 0 aromatic carbocycles. The van der Waals surface area contributed by atoms with Crippen molar-refractivity contribution in [2.24, 2.45) is 11.7 Å². The Hall–Kier alpha value is -1.09. The van der Waals surface area contributed by atoms with E-state index in [0.29, 0.717) is 0 Å². The van der Waals surface area contributed by atoms with E-state index in [1.807, 2.05) is 19.1 Å². The zero-order valence-electron chi connectivity index (χ0n) is 8.57. The minimum Gasteiger partial charge on any atom is -0.353 e. The molecule has 0 saturated heterocycles. The van der Waals surface area contributed by atoms with Gasteiger partial charge in [0.2, 0.25) is 5.91 Å². The van der Waals surface area contributed by atoms with Crippen LogP contribution in [0.5, 0.6) is 0 Å². The Bertz CT molecular complexity index is 248. The quantitative estimate of drug-likeness (QED) is 0.655. The summed E-state index contributed by atoms with van der Waals surface area (Å²) in [5, 5.41) is 2.93. The van der Waals surface area contributed by atoms with E-state index < -0.39 is 0 Å². The lowest BCUT2D eigenvalue weighted by Crippen LogP contribution is -2.36. The Balaban J connectivity index is 2.35. The van der Waals surface area contributed by atoms with Crippen LogP contribution in [0, 0.1) is 5.92 Å². The highest BCUT2D eigenvalue weighted by Gasteiger charge is 2.23. The molecule has 78 valence electrons. The zero-order chi connectivity index (χ0) is 10.6. The third-order valence-corrected chi connectivity index (χ3v) is 2.36. The fourth-order valence-corrected chi connectivity index (χ4v) is 1.58. The van der Waals surface area contributed by atoms with Crippen LogP contribution >= 0.6 is 0 Å². The maximum atomic E-state index is 11.6. The van der Waals surface area contributed by atoms with E-state index in [-0.39, 0.29) is 23.9 Å². The van der Waals surface area contributed by atoms with Crippen LogP contribution in [0.4, 0.5) is 0 Å². The second kappa shape index (κ2) is 4.96. The number of rotatable bonds is 4. The van der Waals surface area contributed by atoms with Crippen LogP contribution in [-0.4, -0.2) is 18.0 Å². The Morgan fingerprint density at radius 1 is 1.79 bits per heavy atom. The number of carbonyl (C=O) groups is 1. The van der Waals surface area contributed by atoms with Gasteiger partial charge in [-0.2, -0.15) is 0 Å². The number of amides is 1. The minimum absolute atomic E-state index is 0.0421. The molecule has 3 atom stereocenters. The van der Waals surface area contributed by atoms with Gasteiger partial charge in [0, 0.05) is 12.1 Å². The second-order valence-electron chi connectivity index (χ2n) is 3.82. The van der Waals surface area contributed by atoms with Crippen molar-refractivity contribution in [1.29, 1.82) is 0 Å². The van der Waals surface area contributed by atoms with Gasteiger partial charge >= 0.3 is 0 Å². The molecule has 1 aliphatic carbocycles. The van der Waals surface area contributed by atoms with Gasteiger partial charge in [0.15, 0.2) is 0 Å². The minimum atomic E-state index is -0.0442. The summed E-state index contributed by atoms with van der Waals surface area (Å²) in [5.74, 6) is 0.0285. The molecule has 0 aromatic rings. The average molecular weight is 194 g/mol. The second-order valence-corrected chi connectivity index (χ2v) is 3.82. The third kappa shape index (κ3) is 3.00. The van der Waals surface area contributed by atoms with E-state index in [1.165, 1.54) is 0 Å². The van der Waals surface area contributed by atoms with E-state index in [2.05, 4.69) is 11.9 Å². The number of carbonyl (C=O) groups excluding carboxylic acids is 1. The molecular formula is C11H18N2O. The standard InChI is InChI=1S/C11H18N2O/c1-3-4-8(2)13-11(14)9-5-6-10(12)7-9/h3,5-6,8-10H,1,4,7,12H2,2H3,(H,13,14). The Morgan fingerprint density at radius 2 is 2.50 bits per heavy atom. The Morgan fingerprint density at radius 3 is 3.00 bits per heavy atom. The van der Waals surface area contributed by atoms with Crippen molar-refractivity contribution in [3.63, 3.8) is 0 Å². The predicted octanol–water partition coefficient (Wildman–Crippen LogP) is 0.971. The van der Waals surface area contributed by atoms with E-state index >= 15 is 0 Å². The molecule has 3 N–H and O–H groups in total. The summed E-state index contributed by atoms with van der Waals surface area (Å²) in [6, 6.07) is 0.200. The molecule has 3 nitrogen and oxygen atoms in total. The monoisotopic (exact) mass is 194 g/mol. The highest BCUT2D eigenvalue weighted by Crippen LogP contribution is 2.16. The first-order chi connectivity index (χ1) is 6.63. The molecular weight excluding hydrogens is 176 g/mol. The largest absolute Gasteiger partial charge is 0.353 e. The molecule has 1 aliphatic rings. The first kappa shape index (κ1) is 11.0. The molecule has 0 heterocycles. The maximum absolute atomic E-state index is 11.6. The first-order valence-corrected chi connectivity index (χ1v) is 4.98. The first-order valence-electron chi connectivity index (χ1n) is 4.98. The molecule has 0 fully saturated rings. The van der Waals surface area contributed by atoms with Crippen molar-refractivity contribution >= 4 is 5.91 Å². The van der Waals surface area contributed by atoms with Crippen molar-refractivity contribution in [2.45, 2.75) is 31.8 Å². The van der Waals surface area contributed by atoms with Gasteiger partial charge in [-0.05, 0) is 19.8 Å². The summed E-state index contributed by atoms with van der Waals surface area (Å²) >= 11 is 0. The zero-order valence-corrected chi connectivity index (χ0v) is 8.57. The molecule has 0 aromatic heterocycles. The van der Waals surface area contributed by atoms with Crippen LogP contribution in [0.1, 0.15) is 19.8 Å². The lowest BCUT2D eigenvalue weighted by Gasteiger charge is -2.15. The summed E-state index contributed by atoms with van der Waals surface area (Å²) in [5.41, 5.74) is 5.67. The third-order valence-electron chi connectivity index (χ3n) is 2.36. The van der Waals surface area contributed by atoms with Gasteiger partial charge in [0.05, 0.1) is 5.92 Å². The number of nitrogens with two attached hydrogens (primary N) is 1. The fraction of sp³-hybridized carbons (Fsp3) is 0.545. The number of nitrogens with one attached hydrogen (secondary N) is 1. The molecule has 1 amide bonds. The fourth-order valence-electron chi connectivity index (χ4n) is 1.58. The summed E-state index contributed by atoms with van der Waals surface area (Å²) in [4.78, 5) is 11.6. The summed E-state index contributed by atoms with van der Waals surface area (Å²) in [6.07, 6.45) is 7.12. The molecule has 14 heavy (non-hydrogen) atoms. The topological polar surface area (TPSA) is 55.1 Å². The molecule has 1 rings (SSSR count). The highest BCUT2D eigenvalue weighted by atomic mass is 16.1. The van der Waals surface area contributed by atoms with Crippen molar-refractivity contribution in [3.05, 3.63) is 24.8 Å². The van der Waals surface area contributed by atoms with Gasteiger partial charge in [-0.25, -0.2) is 0 Å². The van der Waals surface area contributed by atoms with Crippen LogP contribution in [0.15, 0.2) is 24.8 Å². The van der Waals surface area contributed by atoms with Crippen molar-refractivity contribution < 1.29 is 4.79 Å². The van der Waals surface area contributed by atoms with Gasteiger partial charge in [-0.1, -0.05) is 18.2 Å². The molecule has 0 saturated carbocycles. The Labute approximate surface area is 85.1 Å². The molecule has 0 radical (unpaired) electrons. The summed E-state index contributed by atoms with van der Waals surface area (Å²) < 4.78 is 0. The average Bonchev–Trinajstić information content (AvgIpc) is 2.52. The maximum Gasteiger partial charge on any atom is 0.227 e. The SMILES string of the molecule is C=CCC(C)NC(=O)C1C=CC(N)C1. The normalized spacial score (nSPS) is 27.3. The number of hydrogen-bond acceptors (Lipinski definition) is 2. The van der Waals surface area contributed by atoms with Gasteiger partial charge in [-0.3, -0.25) is 4.79 Å². The van der Waals surface area contributed by atoms with Gasteiger partial charge in [0.25, 0.3) is 0 Å². The Kier molecular flexibility index (Phi) is 3.89. The van der Waals surface area contributed by atoms with E-state index in [1.54, 1.807) is 6.08 Å². The lowest BCUT2D eigenvalue weighted by atomic mass is 10.1. The lowest BCUT2D eigenvalue weighted by molar-refractivity contribution is -0.124. The van der Waals surface area contributed by atoms with Crippen LogP contribution in [0.2, 0.25) is 0 Å². The summed E-state index contributed by atoms with van der Waals surface area (Å²) in [6.45, 7) is 5.60. The van der Waals surface area contributed by atoms with Gasteiger partial charge in [0.1, 0.15) is 0 Å². The smallest absolute Gasteiger partial charge is 0.227 e. The van der Waals surface area contributed by atoms with E-state index in [4.69, 9.17) is 5.73 Å². The van der Waals surface area contributed by atoms with E-state index in [0.717, 1.165) is 12.8 Å². The van der Waals surface area contributed by atoms with Crippen LogP contribution in [-0.2, 0) is 4.79 Å². The molecule has 0 aliphatic heterocycles. The highest BCUT2D eigenvalue weighted by molar-refractivity contribution is 5.81. The molecule has 0 bridgehead atoms. The van der Waals surface area contributed by atoms with Crippen LogP contribution < -0.4 is 11.1 Å². The molecule has 3 unspecified atom stereocenters. The van der Waals surface area contributed by atoms with E-state index in [9.17, 15) is 4.79 Å². The molecule has 0 spiro atoms. The van der Waals surface area contributed by atoms with Crippen molar-refractivity contribution in [1.82, 2.24) is 5.32 Å². The predicted molar refractivity (Wildman–Crippen MR) is 57.6 cm³/mol. The summed E-state index contributed by atoms with van der Waals surface area (Å²) in [7, 11) is 0. The van der Waals surface area contributed by atoms with Crippen molar-refractivity contribution in [3.8, 4) is 0 Å². The van der Waals surface area contributed by atoms with Gasteiger partial charge < -0.3 is 11.1 Å². The van der Waals surface area contributed by atoms with Crippen molar-refractivity contribution in [2.75, 3.05) is 0 Å².